The van der Waals surface area contributed by atoms with Gasteiger partial charge in [-0.05, 0) is 19.8 Å². The van der Waals surface area contributed by atoms with E-state index in [0.717, 1.165) is 7.11 Å². The van der Waals surface area contributed by atoms with Gasteiger partial charge in [-0.15, -0.1) is 0 Å². The highest BCUT2D eigenvalue weighted by molar-refractivity contribution is 5.86. The van der Waals surface area contributed by atoms with Crippen molar-refractivity contribution in [3.05, 3.63) is 0 Å². The lowest BCUT2D eigenvalue weighted by atomic mass is 9.93. The molecular formula is C12H20N2O6. The van der Waals surface area contributed by atoms with Gasteiger partial charge < -0.3 is 25.2 Å². The van der Waals surface area contributed by atoms with Gasteiger partial charge in [0.05, 0.1) is 13.5 Å². The van der Waals surface area contributed by atoms with Crippen molar-refractivity contribution in [1.82, 2.24) is 10.6 Å². The molecule has 0 aromatic carbocycles. The number of rotatable bonds is 5. The molecule has 1 aliphatic rings. The van der Waals surface area contributed by atoms with Gasteiger partial charge in [0.15, 0.2) is 0 Å². The van der Waals surface area contributed by atoms with Gasteiger partial charge in [-0.25, -0.2) is 9.59 Å². The number of hydrogen-bond donors (Lipinski definition) is 3. The maximum atomic E-state index is 11.8. The van der Waals surface area contributed by atoms with Crippen LogP contribution in [0.3, 0.4) is 0 Å². The molecule has 1 atom stereocenters. The first kappa shape index (κ1) is 16.2. The van der Waals surface area contributed by atoms with Crippen LogP contribution < -0.4 is 10.6 Å². The standard InChI is InChI=1S/C12H20N2O6/c1-12(3-5-20-6-4-12)14-11(18)13-8(10(16)17)7-9(15)19-2/h8H,3-7H2,1-2H3,(H,16,17)(H2,13,14,18)/t8-/m0/s1. The van der Waals surface area contributed by atoms with E-state index in [1.54, 1.807) is 0 Å². The van der Waals surface area contributed by atoms with Crippen molar-refractivity contribution in [2.45, 2.75) is 37.8 Å². The van der Waals surface area contributed by atoms with Crippen molar-refractivity contribution in [1.29, 1.82) is 0 Å². The number of aliphatic carboxylic acids is 1. The van der Waals surface area contributed by atoms with Crippen LogP contribution in [0.2, 0.25) is 0 Å². The number of esters is 1. The highest BCUT2D eigenvalue weighted by atomic mass is 16.5. The molecule has 114 valence electrons. The maximum Gasteiger partial charge on any atom is 0.326 e. The summed E-state index contributed by atoms with van der Waals surface area (Å²) >= 11 is 0. The van der Waals surface area contributed by atoms with Gasteiger partial charge in [-0.3, -0.25) is 4.79 Å². The van der Waals surface area contributed by atoms with E-state index in [2.05, 4.69) is 15.4 Å². The molecule has 0 spiro atoms. The Morgan fingerprint density at radius 2 is 1.95 bits per heavy atom. The fourth-order valence-corrected chi connectivity index (χ4v) is 1.87. The number of methoxy groups -OCH3 is 1. The Hall–Kier alpha value is -1.83. The zero-order valence-corrected chi connectivity index (χ0v) is 11.6. The lowest BCUT2D eigenvalue weighted by molar-refractivity contribution is -0.147. The number of amides is 2. The normalized spacial score (nSPS) is 18.7. The van der Waals surface area contributed by atoms with Crippen molar-refractivity contribution in [3.63, 3.8) is 0 Å². The Morgan fingerprint density at radius 3 is 2.45 bits per heavy atom. The number of urea groups is 1. The number of carbonyl (C=O) groups excluding carboxylic acids is 2. The summed E-state index contributed by atoms with van der Waals surface area (Å²) in [5, 5.41) is 14.0. The van der Waals surface area contributed by atoms with Gasteiger partial charge in [0.25, 0.3) is 0 Å². The quantitative estimate of drug-likeness (QED) is 0.607. The second kappa shape index (κ2) is 7.09. The van der Waals surface area contributed by atoms with Crippen LogP contribution >= 0.6 is 0 Å². The predicted octanol–water partition coefficient (Wildman–Crippen LogP) is -0.129. The second-order valence-corrected chi connectivity index (χ2v) is 4.94. The van der Waals surface area contributed by atoms with E-state index >= 15 is 0 Å². The molecule has 1 aliphatic heterocycles. The SMILES string of the molecule is COC(=O)C[C@H](NC(=O)NC1(C)CCOCC1)C(=O)O. The number of ether oxygens (including phenoxy) is 2. The molecule has 0 unspecified atom stereocenters. The molecule has 0 aliphatic carbocycles. The first-order chi connectivity index (χ1) is 9.36. The molecule has 0 saturated carbocycles. The molecule has 8 heteroatoms. The smallest absolute Gasteiger partial charge is 0.326 e. The monoisotopic (exact) mass is 288 g/mol. The molecule has 1 rings (SSSR count). The zero-order valence-electron chi connectivity index (χ0n) is 11.6. The minimum absolute atomic E-state index is 0.418. The van der Waals surface area contributed by atoms with Crippen molar-refractivity contribution < 1.29 is 29.0 Å². The van der Waals surface area contributed by atoms with Crippen LogP contribution in [0.4, 0.5) is 4.79 Å². The molecule has 0 aromatic rings. The minimum atomic E-state index is -1.31. The van der Waals surface area contributed by atoms with Crippen molar-refractivity contribution in [2.75, 3.05) is 20.3 Å². The summed E-state index contributed by atoms with van der Waals surface area (Å²) in [6, 6.07) is -1.93. The van der Waals surface area contributed by atoms with Crippen LogP contribution in [-0.4, -0.2) is 55.0 Å². The molecule has 20 heavy (non-hydrogen) atoms. The molecule has 1 heterocycles. The van der Waals surface area contributed by atoms with Crippen LogP contribution in [0, 0.1) is 0 Å². The fraction of sp³-hybridized carbons (Fsp3) is 0.750. The van der Waals surface area contributed by atoms with Crippen LogP contribution in [-0.2, 0) is 19.1 Å². The zero-order chi connectivity index (χ0) is 15.2. The highest BCUT2D eigenvalue weighted by Crippen LogP contribution is 2.19. The Balaban J connectivity index is 2.53. The summed E-state index contributed by atoms with van der Waals surface area (Å²) in [5.41, 5.74) is -0.434. The number of nitrogens with one attached hydrogen (secondary N) is 2. The predicted molar refractivity (Wildman–Crippen MR) is 68.2 cm³/mol. The van der Waals surface area contributed by atoms with Crippen LogP contribution in [0.5, 0.6) is 0 Å². The van der Waals surface area contributed by atoms with Crippen molar-refractivity contribution in [3.8, 4) is 0 Å². The van der Waals surface area contributed by atoms with E-state index in [4.69, 9.17) is 9.84 Å². The molecule has 1 fully saturated rings. The summed E-state index contributed by atoms with van der Waals surface area (Å²) in [4.78, 5) is 33.9. The molecule has 2 amide bonds. The van der Waals surface area contributed by atoms with E-state index in [0.29, 0.717) is 26.1 Å². The maximum absolute atomic E-state index is 11.8. The summed E-state index contributed by atoms with van der Waals surface area (Å²) in [5.74, 6) is -1.99. The van der Waals surface area contributed by atoms with Crippen LogP contribution in [0.15, 0.2) is 0 Å². The summed E-state index contributed by atoms with van der Waals surface area (Å²) in [7, 11) is 1.16. The molecule has 0 bridgehead atoms. The second-order valence-electron chi connectivity index (χ2n) is 4.94. The highest BCUT2D eigenvalue weighted by Gasteiger charge is 2.31. The van der Waals surface area contributed by atoms with E-state index in [1.807, 2.05) is 6.92 Å². The average molecular weight is 288 g/mol. The van der Waals surface area contributed by atoms with Gasteiger partial charge >= 0.3 is 18.0 Å². The third kappa shape index (κ3) is 5.04. The Labute approximate surface area is 116 Å². The number of carboxylic acid groups (broad SMARTS) is 1. The molecule has 1 saturated heterocycles. The van der Waals surface area contributed by atoms with Gasteiger partial charge in [0.1, 0.15) is 6.04 Å². The molecule has 0 radical (unpaired) electrons. The van der Waals surface area contributed by atoms with Crippen LogP contribution in [0.25, 0.3) is 0 Å². The Kier molecular flexibility index (Phi) is 5.75. The van der Waals surface area contributed by atoms with Crippen molar-refractivity contribution in [2.24, 2.45) is 0 Å². The fourth-order valence-electron chi connectivity index (χ4n) is 1.87. The van der Waals surface area contributed by atoms with E-state index in [-0.39, 0.29) is 0 Å². The molecule has 0 aromatic heterocycles. The molecule has 3 N–H and O–H groups in total. The number of hydrogen-bond acceptors (Lipinski definition) is 5. The minimum Gasteiger partial charge on any atom is -0.480 e. The molecular weight excluding hydrogens is 268 g/mol. The number of carboxylic acids is 1. The van der Waals surface area contributed by atoms with Crippen molar-refractivity contribution >= 4 is 18.0 Å². The average Bonchev–Trinajstić information content (AvgIpc) is 2.37. The van der Waals surface area contributed by atoms with Crippen LogP contribution in [0.1, 0.15) is 26.2 Å². The Morgan fingerprint density at radius 1 is 1.35 bits per heavy atom. The summed E-state index contributed by atoms with van der Waals surface area (Å²) in [6.45, 7) is 2.95. The lowest BCUT2D eigenvalue weighted by Gasteiger charge is -2.34. The topological polar surface area (TPSA) is 114 Å². The first-order valence-electron chi connectivity index (χ1n) is 6.32. The van der Waals surface area contributed by atoms with Gasteiger partial charge in [0.2, 0.25) is 0 Å². The third-order valence-corrected chi connectivity index (χ3v) is 3.21. The molecule has 8 nitrogen and oxygen atoms in total. The van der Waals surface area contributed by atoms with Gasteiger partial charge in [0, 0.05) is 18.8 Å². The summed E-state index contributed by atoms with van der Waals surface area (Å²) < 4.78 is 9.60. The lowest BCUT2D eigenvalue weighted by Crippen LogP contribution is -2.56. The summed E-state index contributed by atoms with van der Waals surface area (Å²) in [6.07, 6.45) is 0.878. The van der Waals surface area contributed by atoms with E-state index in [1.165, 1.54) is 0 Å². The Bertz CT molecular complexity index is 378. The van der Waals surface area contributed by atoms with Gasteiger partial charge in [-0.2, -0.15) is 0 Å². The first-order valence-corrected chi connectivity index (χ1v) is 6.32. The van der Waals surface area contributed by atoms with Gasteiger partial charge in [-0.1, -0.05) is 0 Å². The largest absolute Gasteiger partial charge is 0.480 e. The van der Waals surface area contributed by atoms with E-state index < -0.39 is 36.0 Å². The van der Waals surface area contributed by atoms with E-state index in [9.17, 15) is 14.4 Å². The number of carbonyl (C=O) groups is 3. The third-order valence-electron chi connectivity index (χ3n) is 3.21.